The van der Waals surface area contributed by atoms with Gasteiger partial charge in [-0.3, -0.25) is 4.79 Å². The Bertz CT molecular complexity index is 867. The molecule has 1 saturated heterocycles. The van der Waals surface area contributed by atoms with Gasteiger partial charge in [-0.25, -0.2) is 4.68 Å². The van der Waals surface area contributed by atoms with Gasteiger partial charge in [0.2, 0.25) is 5.91 Å². The molecular weight excluding hydrogens is 334 g/mol. The molecule has 0 radical (unpaired) electrons. The molecule has 1 aliphatic rings. The lowest BCUT2D eigenvalue weighted by Gasteiger charge is -2.39. The third-order valence-electron chi connectivity index (χ3n) is 4.43. The van der Waals surface area contributed by atoms with Gasteiger partial charge in [-0.15, -0.1) is 5.10 Å². The highest BCUT2D eigenvalue weighted by Gasteiger charge is 2.32. The van der Waals surface area contributed by atoms with Crippen molar-refractivity contribution in [3.63, 3.8) is 0 Å². The fourth-order valence-corrected chi connectivity index (χ4v) is 2.89. The van der Waals surface area contributed by atoms with Crippen LogP contribution in [0.15, 0.2) is 42.9 Å². The zero-order valence-corrected chi connectivity index (χ0v) is 14.4. The molecule has 1 fully saturated rings. The van der Waals surface area contributed by atoms with Crippen molar-refractivity contribution in [1.29, 1.82) is 0 Å². The van der Waals surface area contributed by atoms with E-state index in [2.05, 4.69) is 20.5 Å². The average molecular weight is 353 g/mol. The van der Waals surface area contributed by atoms with Crippen LogP contribution in [0, 0.1) is 0 Å². The third kappa shape index (κ3) is 3.41. The van der Waals surface area contributed by atoms with Crippen molar-refractivity contribution < 1.29 is 9.53 Å². The molecule has 26 heavy (non-hydrogen) atoms. The first kappa shape index (κ1) is 16.2. The predicted octanol–water partition coefficient (Wildman–Crippen LogP) is 0.552. The normalized spacial score (nSPS) is 14.3. The molecule has 0 saturated carbocycles. The molecule has 0 bridgehead atoms. The second-order valence-corrected chi connectivity index (χ2v) is 6.23. The molecule has 0 unspecified atom stereocenters. The molecule has 1 aromatic carbocycles. The van der Waals surface area contributed by atoms with Gasteiger partial charge in [0.05, 0.1) is 38.2 Å². The van der Waals surface area contributed by atoms with Crippen molar-refractivity contribution in [3.8, 4) is 5.75 Å². The SMILES string of the molecule is COc1ccc(CC(=O)N2CC(n3cc(Cn4nccn4)nn3)C2)cc1. The summed E-state index contributed by atoms with van der Waals surface area (Å²) in [7, 11) is 1.63. The minimum Gasteiger partial charge on any atom is -0.497 e. The van der Waals surface area contributed by atoms with Crippen LogP contribution in [-0.2, 0) is 17.8 Å². The Labute approximate surface area is 150 Å². The van der Waals surface area contributed by atoms with Gasteiger partial charge in [0.25, 0.3) is 0 Å². The second kappa shape index (κ2) is 6.95. The summed E-state index contributed by atoms with van der Waals surface area (Å²) in [6, 6.07) is 7.74. The first-order valence-corrected chi connectivity index (χ1v) is 8.37. The number of benzene rings is 1. The Morgan fingerprint density at radius 1 is 1.19 bits per heavy atom. The number of carbonyl (C=O) groups excluding carboxylic acids is 1. The van der Waals surface area contributed by atoms with E-state index >= 15 is 0 Å². The molecule has 0 spiro atoms. The first-order valence-electron chi connectivity index (χ1n) is 8.37. The number of amides is 1. The van der Waals surface area contributed by atoms with Crippen molar-refractivity contribution in [1.82, 2.24) is 34.9 Å². The standard InChI is InChI=1S/C17H19N7O2/c1-26-16-4-2-13(3-5-16)8-17(25)22-11-15(12-22)23-9-14(20-21-23)10-24-18-6-7-19-24/h2-7,9,15H,8,10-12H2,1H3. The largest absolute Gasteiger partial charge is 0.497 e. The molecule has 3 aromatic rings. The van der Waals surface area contributed by atoms with Crippen LogP contribution in [0.2, 0.25) is 0 Å². The van der Waals surface area contributed by atoms with Crippen molar-refractivity contribution in [2.24, 2.45) is 0 Å². The lowest BCUT2D eigenvalue weighted by Crippen LogP contribution is -2.51. The number of methoxy groups -OCH3 is 1. The van der Waals surface area contributed by atoms with Crippen LogP contribution in [0.4, 0.5) is 0 Å². The van der Waals surface area contributed by atoms with Crippen LogP contribution < -0.4 is 4.74 Å². The summed E-state index contributed by atoms with van der Waals surface area (Å²) in [5, 5.41) is 16.4. The molecule has 2 aromatic heterocycles. The highest BCUT2D eigenvalue weighted by molar-refractivity contribution is 5.79. The van der Waals surface area contributed by atoms with Crippen molar-refractivity contribution in [2.45, 2.75) is 19.0 Å². The number of rotatable bonds is 6. The zero-order valence-electron chi connectivity index (χ0n) is 14.4. The molecule has 1 amide bonds. The van der Waals surface area contributed by atoms with Gasteiger partial charge in [0, 0.05) is 13.1 Å². The second-order valence-electron chi connectivity index (χ2n) is 6.23. The van der Waals surface area contributed by atoms with Crippen LogP contribution in [0.3, 0.4) is 0 Å². The van der Waals surface area contributed by atoms with Crippen molar-refractivity contribution in [3.05, 3.63) is 54.1 Å². The zero-order chi connectivity index (χ0) is 17.9. The molecule has 1 aliphatic heterocycles. The molecule has 134 valence electrons. The van der Waals surface area contributed by atoms with Gasteiger partial charge in [0.15, 0.2) is 0 Å². The first-order chi connectivity index (χ1) is 12.7. The Balaban J connectivity index is 1.29. The maximum absolute atomic E-state index is 12.4. The van der Waals surface area contributed by atoms with E-state index in [1.807, 2.05) is 40.0 Å². The molecule has 3 heterocycles. The Kier molecular flexibility index (Phi) is 4.34. The quantitative estimate of drug-likeness (QED) is 0.643. The molecule has 9 nitrogen and oxygen atoms in total. The minimum absolute atomic E-state index is 0.118. The molecule has 0 N–H and O–H groups in total. The highest BCUT2D eigenvalue weighted by Crippen LogP contribution is 2.22. The summed E-state index contributed by atoms with van der Waals surface area (Å²) < 4.78 is 6.95. The maximum Gasteiger partial charge on any atom is 0.227 e. The summed E-state index contributed by atoms with van der Waals surface area (Å²) in [4.78, 5) is 15.8. The fraction of sp³-hybridized carbons (Fsp3) is 0.353. The van der Waals surface area contributed by atoms with E-state index in [-0.39, 0.29) is 11.9 Å². The average Bonchev–Trinajstić information content (AvgIpc) is 3.27. The Morgan fingerprint density at radius 2 is 1.92 bits per heavy atom. The van der Waals surface area contributed by atoms with Crippen molar-refractivity contribution >= 4 is 5.91 Å². The molecule has 0 atom stereocenters. The number of likely N-dealkylation sites (tertiary alicyclic amines) is 1. The summed E-state index contributed by atoms with van der Waals surface area (Å²) in [5.74, 6) is 0.907. The number of nitrogens with zero attached hydrogens (tertiary/aromatic N) is 7. The summed E-state index contributed by atoms with van der Waals surface area (Å²) in [6.45, 7) is 1.79. The smallest absolute Gasteiger partial charge is 0.227 e. The van der Waals surface area contributed by atoms with E-state index in [0.717, 1.165) is 17.0 Å². The van der Waals surface area contributed by atoms with E-state index in [0.29, 0.717) is 26.1 Å². The van der Waals surface area contributed by atoms with Gasteiger partial charge in [-0.1, -0.05) is 17.3 Å². The topological polar surface area (TPSA) is 91.0 Å². The molecule has 9 heteroatoms. The van der Waals surface area contributed by atoms with Gasteiger partial charge in [-0.2, -0.15) is 15.0 Å². The van der Waals surface area contributed by atoms with Crippen LogP contribution in [-0.4, -0.2) is 61.0 Å². The minimum atomic E-state index is 0.118. The fourth-order valence-electron chi connectivity index (χ4n) is 2.89. The summed E-state index contributed by atoms with van der Waals surface area (Å²) in [5.41, 5.74) is 1.78. The molecule has 4 rings (SSSR count). The van der Waals surface area contributed by atoms with Crippen LogP contribution >= 0.6 is 0 Å². The Hall–Kier alpha value is -3.23. The van der Waals surface area contributed by atoms with E-state index in [4.69, 9.17) is 4.74 Å². The van der Waals surface area contributed by atoms with E-state index in [1.54, 1.807) is 24.3 Å². The monoisotopic (exact) mass is 353 g/mol. The van der Waals surface area contributed by atoms with E-state index in [9.17, 15) is 4.79 Å². The lowest BCUT2D eigenvalue weighted by molar-refractivity contribution is -0.136. The van der Waals surface area contributed by atoms with Gasteiger partial charge in [-0.05, 0) is 17.7 Å². The van der Waals surface area contributed by atoms with E-state index < -0.39 is 0 Å². The van der Waals surface area contributed by atoms with Crippen LogP contribution in [0.5, 0.6) is 5.75 Å². The Morgan fingerprint density at radius 3 is 2.62 bits per heavy atom. The number of ether oxygens (including phenoxy) is 1. The maximum atomic E-state index is 12.4. The van der Waals surface area contributed by atoms with Gasteiger partial charge < -0.3 is 9.64 Å². The van der Waals surface area contributed by atoms with Gasteiger partial charge >= 0.3 is 0 Å². The number of hydrogen-bond donors (Lipinski definition) is 0. The summed E-state index contributed by atoms with van der Waals surface area (Å²) in [6.07, 6.45) is 5.54. The van der Waals surface area contributed by atoms with Crippen molar-refractivity contribution in [2.75, 3.05) is 20.2 Å². The summed E-state index contributed by atoms with van der Waals surface area (Å²) >= 11 is 0. The molecular formula is C17H19N7O2. The van der Waals surface area contributed by atoms with Crippen LogP contribution in [0.25, 0.3) is 0 Å². The van der Waals surface area contributed by atoms with E-state index in [1.165, 1.54) is 0 Å². The lowest BCUT2D eigenvalue weighted by atomic mass is 10.1. The number of carbonyl (C=O) groups is 1. The number of aromatic nitrogens is 6. The van der Waals surface area contributed by atoms with Gasteiger partial charge in [0.1, 0.15) is 18.0 Å². The predicted molar refractivity (Wildman–Crippen MR) is 91.5 cm³/mol. The molecule has 0 aliphatic carbocycles. The van der Waals surface area contributed by atoms with Crippen LogP contribution in [0.1, 0.15) is 17.3 Å². The number of hydrogen-bond acceptors (Lipinski definition) is 6. The highest BCUT2D eigenvalue weighted by atomic mass is 16.5. The third-order valence-corrected chi connectivity index (χ3v) is 4.43.